The van der Waals surface area contributed by atoms with Crippen molar-refractivity contribution in [2.45, 2.75) is 13.3 Å². The number of alkyl halides is 1. The lowest BCUT2D eigenvalue weighted by molar-refractivity contribution is 0.0760. The third kappa shape index (κ3) is 3.30. The molecule has 0 aromatic heterocycles. The Morgan fingerprint density at radius 2 is 2.12 bits per heavy atom. The molecule has 0 unspecified atom stereocenters. The second-order valence-corrected chi connectivity index (χ2v) is 4.20. The number of benzene rings is 1. The molecular formula is C12H15BrFNO. The van der Waals surface area contributed by atoms with E-state index in [0.717, 1.165) is 11.8 Å². The largest absolute Gasteiger partial charge is 0.339 e. The van der Waals surface area contributed by atoms with E-state index in [0.29, 0.717) is 13.1 Å². The Labute approximate surface area is 104 Å². The van der Waals surface area contributed by atoms with Gasteiger partial charge in [-0.2, -0.15) is 0 Å². The van der Waals surface area contributed by atoms with Crippen LogP contribution >= 0.6 is 15.9 Å². The summed E-state index contributed by atoms with van der Waals surface area (Å²) in [7, 11) is 0. The molecule has 0 aliphatic heterocycles. The molecule has 0 spiro atoms. The molecule has 0 saturated carbocycles. The van der Waals surface area contributed by atoms with Crippen LogP contribution in [0.4, 0.5) is 4.39 Å². The molecule has 0 saturated heterocycles. The molecule has 0 N–H and O–H groups in total. The molecule has 1 aromatic rings. The fourth-order valence-electron chi connectivity index (χ4n) is 1.46. The van der Waals surface area contributed by atoms with Crippen molar-refractivity contribution in [1.82, 2.24) is 4.90 Å². The smallest absolute Gasteiger partial charge is 0.256 e. The summed E-state index contributed by atoms with van der Waals surface area (Å²) in [6, 6.07) is 6.09. The lowest BCUT2D eigenvalue weighted by Gasteiger charge is -2.20. The number of carbonyl (C=O) groups is 1. The molecule has 0 aliphatic carbocycles. The lowest BCUT2D eigenvalue weighted by atomic mass is 10.2. The van der Waals surface area contributed by atoms with E-state index in [9.17, 15) is 9.18 Å². The highest BCUT2D eigenvalue weighted by Gasteiger charge is 2.16. The Balaban J connectivity index is 2.79. The van der Waals surface area contributed by atoms with Gasteiger partial charge in [0, 0.05) is 18.4 Å². The molecule has 1 aromatic carbocycles. The van der Waals surface area contributed by atoms with Crippen molar-refractivity contribution in [2.75, 3.05) is 18.4 Å². The van der Waals surface area contributed by atoms with Gasteiger partial charge in [-0.25, -0.2) is 4.39 Å². The van der Waals surface area contributed by atoms with Crippen LogP contribution in [0.3, 0.4) is 0 Å². The number of halogens is 2. The molecule has 2 nitrogen and oxygen atoms in total. The van der Waals surface area contributed by atoms with E-state index in [1.165, 1.54) is 12.1 Å². The summed E-state index contributed by atoms with van der Waals surface area (Å²) < 4.78 is 13.4. The fourth-order valence-corrected chi connectivity index (χ4v) is 1.71. The SMILES string of the molecule is CCN(CCCBr)C(=O)c1ccccc1F. The third-order valence-corrected chi connectivity index (χ3v) is 2.90. The van der Waals surface area contributed by atoms with Crippen molar-refractivity contribution in [3.05, 3.63) is 35.6 Å². The van der Waals surface area contributed by atoms with Crippen molar-refractivity contribution >= 4 is 21.8 Å². The van der Waals surface area contributed by atoms with Crippen LogP contribution in [0, 0.1) is 5.82 Å². The van der Waals surface area contributed by atoms with E-state index in [2.05, 4.69) is 15.9 Å². The van der Waals surface area contributed by atoms with Gasteiger partial charge in [-0.3, -0.25) is 4.79 Å². The lowest BCUT2D eigenvalue weighted by Crippen LogP contribution is -2.32. The average molecular weight is 288 g/mol. The first-order valence-corrected chi connectivity index (χ1v) is 6.42. The Morgan fingerprint density at radius 1 is 1.44 bits per heavy atom. The molecule has 1 rings (SSSR count). The molecule has 0 fully saturated rings. The van der Waals surface area contributed by atoms with Gasteiger partial charge in [0.05, 0.1) is 5.56 Å². The summed E-state index contributed by atoms with van der Waals surface area (Å²) in [6.45, 7) is 3.14. The average Bonchev–Trinajstić information content (AvgIpc) is 2.30. The number of nitrogens with zero attached hydrogens (tertiary/aromatic N) is 1. The molecule has 16 heavy (non-hydrogen) atoms. The maximum Gasteiger partial charge on any atom is 0.256 e. The Kier molecular flexibility index (Phi) is 5.46. The van der Waals surface area contributed by atoms with Crippen LogP contribution in [0.5, 0.6) is 0 Å². The number of carbonyl (C=O) groups excluding carboxylic acids is 1. The molecule has 0 heterocycles. The molecule has 0 radical (unpaired) electrons. The monoisotopic (exact) mass is 287 g/mol. The highest BCUT2D eigenvalue weighted by molar-refractivity contribution is 9.09. The summed E-state index contributed by atoms with van der Waals surface area (Å²) in [5.41, 5.74) is 0.152. The summed E-state index contributed by atoms with van der Waals surface area (Å²) in [5.74, 6) is -0.689. The Hall–Kier alpha value is -0.900. The van der Waals surface area contributed by atoms with E-state index in [1.807, 2.05) is 6.92 Å². The van der Waals surface area contributed by atoms with Crippen molar-refractivity contribution in [2.24, 2.45) is 0 Å². The number of amides is 1. The minimum Gasteiger partial charge on any atom is -0.339 e. The molecule has 0 bridgehead atoms. The first-order chi connectivity index (χ1) is 7.70. The second kappa shape index (κ2) is 6.63. The van der Waals surface area contributed by atoms with E-state index in [4.69, 9.17) is 0 Å². The van der Waals surface area contributed by atoms with Gasteiger partial charge in [0.2, 0.25) is 0 Å². The Bertz CT molecular complexity index is 357. The minimum absolute atomic E-state index is 0.152. The summed E-state index contributed by atoms with van der Waals surface area (Å²) >= 11 is 3.31. The molecule has 0 atom stereocenters. The van der Waals surface area contributed by atoms with Crippen LogP contribution in [-0.2, 0) is 0 Å². The third-order valence-electron chi connectivity index (χ3n) is 2.33. The number of hydrogen-bond acceptors (Lipinski definition) is 1. The first-order valence-electron chi connectivity index (χ1n) is 5.30. The number of rotatable bonds is 5. The summed E-state index contributed by atoms with van der Waals surface area (Å²) in [6.07, 6.45) is 0.869. The molecule has 1 amide bonds. The normalized spacial score (nSPS) is 10.2. The minimum atomic E-state index is -0.454. The quantitative estimate of drug-likeness (QED) is 0.762. The highest BCUT2D eigenvalue weighted by atomic mass is 79.9. The first kappa shape index (κ1) is 13.2. The van der Waals surface area contributed by atoms with Crippen LogP contribution < -0.4 is 0 Å². The van der Waals surface area contributed by atoms with Gasteiger partial charge in [-0.1, -0.05) is 28.1 Å². The Morgan fingerprint density at radius 3 is 2.69 bits per heavy atom. The van der Waals surface area contributed by atoms with Crippen LogP contribution in [0.25, 0.3) is 0 Å². The van der Waals surface area contributed by atoms with Gasteiger partial charge in [0.1, 0.15) is 5.82 Å². The second-order valence-electron chi connectivity index (χ2n) is 3.41. The van der Waals surface area contributed by atoms with E-state index in [1.54, 1.807) is 17.0 Å². The zero-order valence-corrected chi connectivity index (χ0v) is 10.8. The van der Waals surface area contributed by atoms with Crippen molar-refractivity contribution < 1.29 is 9.18 Å². The van der Waals surface area contributed by atoms with E-state index in [-0.39, 0.29) is 11.5 Å². The highest BCUT2D eigenvalue weighted by Crippen LogP contribution is 2.10. The van der Waals surface area contributed by atoms with E-state index < -0.39 is 5.82 Å². The van der Waals surface area contributed by atoms with Crippen molar-refractivity contribution in [1.29, 1.82) is 0 Å². The predicted molar refractivity (Wildman–Crippen MR) is 66.4 cm³/mol. The zero-order valence-electron chi connectivity index (χ0n) is 9.25. The van der Waals surface area contributed by atoms with Crippen LogP contribution in [0.2, 0.25) is 0 Å². The van der Waals surface area contributed by atoms with Gasteiger partial charge >= 0.3 is 0 Å². The van der Waals surface area contributed by atoms with Gasteiger partial charge in [0.25, 0.3) is 5.91 Å². The van der Waals surface area contributed by atoms with Crippen LogP contribution in [0.1, 0.15) is 23.7 Å². The summed E-state index contributed by atoms with van der Waals surface area (Å²) in [5, 5.41) is 0.841. The van der Waals surface area contributed by atoms with Crippen LogP contribution in [0.15, 0.2) is 24.3 Å². The number of hydrogen-bond donors (Lipinski definition) is 0. The summed E-state index contributed by atoms with van der Waals surface area (Å²) in [4.78, 5) is 13.6. The predicted octanol–water partition coefficient (Wildman–Crippen LogP) is 3.07. The topological polar surface area (TPSA) is 20.3 Å². The zero-order chi connectivity index (χ0) is 12.0. The molecule has 0 aliphatic rings. The van der Waals surface area contributed by atoms with Gasteiger partial charge in [-0.15, -0.1) is 0 Å². The fraction of sp³-hybridized carbons (Fsp3) is 0.417. The van der Waals surface area contributed by atoms with Crippen molar-refractivity contribution in [3.8, 4) is 0 Å². The maximum absolute atomic E-state index is 13.4. The van der Waals surface area contributed by atoms with Crippen LogP contribution in [-0.4, -0.2) is 29.2 Å². The molecule has 4 heteroatoms. The molecular weight excluding hydrogens is 273 g/mol. The van der Waals surface area contributed by atoms with Gasteiger partial charge in [-0.05, 0) is 25.5 Å². The van der Waals surface area contributed by atoms with Gasteiger partial charge in [0.15, 0.2) is 0 Å². The van der Waals surface area contributed by atoms with E-state index >= 15 is 0 Å². The van der Waals surface area contributed by atoms with Gasteiger partial charge < -0.3 is 4.90 Å². The maximum atomic E-state index is 13.4. The van der Waals surface area contributed by atoms with Crippen molar-refractivity contribution in [3.63, 3.8) is 0 Å². The standard InChI is InChI=1S/C12H15BrFNO/c1-2-15(9-5-8-13)12(16)10-6-3-4-7-11(10)14/h3-4,6-7H,2,5,8-9H2,1H3. The molecule has 88 valence electrons.